The van der Waals surface area contributed by atoms with Crippen molar-refractivity contribution in [1.29, 1.82) is 0 Å². The lowest BCUT2D eigenvalue weighted by Crippen LogP contribution is -2.45. The second-order valence-corrected chi connectivity index (χ2v) is 12.5. The fourth-order valence-corrected chi connectivity index (χ4v) is 7.60. The van der Waals surface area contributed by atoms with E-state index in [9.17, 15) is 13.2 Å². The quantitative estimate of drug-likeness (QED) is 0.291. The van der Waals surface area contributed by atoms with Crippen LogP contribution >= 0.6 is 11.6 Å². The Morgan fingerprint density at radius 1 is 0.977 bits per heavy atom. The predicted octanol–water partition coefficient (Wildman–Crippen LogP) is 5.03. The minimum atomic E-state index is -4.54. The van der Waals surface area contributed by atoms with Gasteiger partial charge in [0.1, 0.15) is 17.0 Å². The molecule has 0 bridgehead atoms. The van der Waals surface area contributed by atoms with E-state index in [-0.39, 0.29) is 44.7 Å². The third kappa shape index (κ3) is 5.55. The highest BCUT2D eigenvalue weighted by molar-refractivity contribution is 7.93. The number of morpholine rings is 1. The zero-order chi connectivity index (χ0) is 30.8. The van der Waals surface area contributed by atoms with Gasteiger partial charge in [0.05, 0.1) is 49.6 Å². The van der Waals surface area contributed by atoms with E-state index in [2.05, 4.69) is 4.90 Å². The van der Waals surface area contributed by atoms with Crippen LogP contribution in [0.4, 0.5) is 10.1 Å². The number of benzene rings is 3. The van der Waals surface area contributed by atoms with Gasteiger partial charge in [0.15, 0.2) is 11.5 Å². The molecule has 3 aromatic rings. The van der Waals surface area contributed by atoms with Gasteiger partial charge in [-0.3, -0.25) is 9.69 Å². The molecule has 43 heavy (non-hydrogen) atoms. The zero-order valence-electron chi connectivity index (χ0n) is 24.3. The molecule has 0 N–H and O–H groups in total. The summed E-state index contributed by atoms with van der Waals surface area (Å²) in [7, 11) is -1.75. The molecule has 0 aliphatic carbocycles. The highest BCUT2D eigenvalue weighted by atomic mass is 35.5. The lowest BCUT2D eigenvalue weighted by atomic mass is 9.72. The summed E-state index contributed by atoms with van der Waals surface area (Å²) in [5.74, 6) is -0.701. The number of anilines is 1. The van der Waals surface area contributed by atoms with E-state index >= 15 is 4.39 Å². The van der Waals surface area contributed by atoms with Crippen LogP contribution in [0.15, 0.2) is 59.5 Å². The molecule has 5 rings (SSSR count). The second-order valence-electron chi connectivity index (χ2n) is 10.3. The summed E-state index contributed by atoms with van der Waals surface area (Å²) in [5.41, 5.74) is -1.26. The lowest BCUT2D eigenvalue weighted by molar-refractivity contribution is -0.121. The van der Waals surface area contributed by atoms with Crippen LogP contribution in [-0.2, 0) is 25.0 Å². The van der Waals surface area contributed by atoms with Crippen LogP contribution < -0.4 is 18.5 Å². The van der Waals surface area contributed by atoms with Crippen LogP contribution in [-0.4, -0.2) is 72.9 Å². The van der Waals surface area contributed by atoms with E-state index in [0.717, 1.165) is 17.4 Å². The number of fused-ring (bicyclic) bond motifs is 1. The average Bonchev–Trinajstić information content (AvgIpc) is 3.25. The Labute approximate surface area is 256 Å². The molecule has 1 atom stereocenters. The number of ether oxygens (including phenoxy) is 4. The summed E-state index contributed by atoms with van der Waals surface area (Å²) in [6.07, 6.45) is 0.617. The van der Waals surface area contributed by atoms with Crippen molar-refractivity contribution in [2.45, 2.75) is 30.1 Å². The standard InChI is InChI=1S/C31H34ClFN2O7S/c1-4-42-27-11-10-21(18-29(27)40-3)43(37,38)35-26-20-28(39-2)24(32)19-23(26)31(30(35)36,22-8-5-6-9-25(22)33)12-7-13-34-14-16-41-17-15-34/h5-6,8-11,18-20H,4,7,12-17H2,1-3H3. The van der Waals surface area contributed by atoms with E-state index < -0.39 is 27.2 Å². The van der Waals surface area contributed by atoms with E-state index in [1.165, 1.54) is 62.8 Å². The van der Waals surface area contributed by atoms with Crippen molar-refractivity contribution in [3.8, 4) is 17.2 Å². The maximum absolute atomic E-state index is 15.7. The van der Waals surface area contributed by atoms with Crippen LogP contribution in [0.3, 0.4) is 0 Å². The second kappa shape index (κ2) is 12.7. The molecule has 12 heteroatoms. The molecule has 1 saturated heterocycles. The molecule has 0 aromatic heterocycles. The van der Waals surface area contributed by atoms with Crippen molar-refractivity contribution in [2.75, 3.05) is 58.0 Å². The number of nitrogens with zero attached hydrogens (tertiary/aromatic N) is 2. The number of amides is 1. The zero-order valence-corrected chi connectivity index (χ0v) is 25.8. The summed E-state index contributed by atoms with van der Waals surface area (Å²) in [6, 6.07) is 13.0. The molecule has 3 aromatic carbocycles. The predicted molar refractivity (Wildman–Crippen MR) is 161 cm³/mol. The minimum Gasteiger partial charge on any atom is -0.495 e. The largest absolute Gasteiger partial charge is 0.495 e. The van der Waals surface area contributed by atoms with Crippen LogP contribution in [0.1, 0.15) is 30.9 Å². The van der Waals surface area contributed by atoms with Crippen molar-refractivity contribution in [3.63, 3.8) is 0 Å². The van der Waals surface area contributed by atoms with Crippen molar-refractivity contribution < 1.29 is 36.6 Å². The van der Waals surface area contributed by atoms with Gasteiger partial charge in [-0.25, -0.2) is 17.1 Å². The normalized spacial score (nSPS) is 18.9. The molecule has 230 valence electrons. The molecule has 1 fully saturated rings. The van der Waals surface area contributed by atoms with Crippen LogP contribution in [0.5, 0.6) is 17.2 Å². The Balaban J connectivity index is 1.68. The first kappa shape index (κ1) is 31.1. The molecule has 2 aliphatic heterocycles. The first-order valence-electron chi connectivity index (χ1n) is 14.0. The van der Waals surface area contributed by atoms with Gasteiger partial charge in [0.25, 0.3) is 15.9 Å². The smallest absolute Gasteiger partial charge is 0.271 e. The molecule has 0 radical (unpaired) electrons. The number of hydrogen-bond acceptors (Lipinski definition) is 8. The van der Waals surface area contributed by atoms with Gasteiger partial charge in [0.2, 0.25) is 0 Å². The fourth-order valence-electron chi connectivity index (χ4n) is 5.87. The number of sulfonamides is 1. The summed E-state index contributed by atoms with van der Waals surface area (Å²) >= 11 is 6.58. The number of carbonyl (C=O) groups excluding carboxylic acids is 1. The first-order valence-corrected chi connectivity index (χ1v) is 15.8. The van der Waals surface area contributed by atoms with Crippen molar-refractivity contribution in [3.05, 3.63) is 76.6 Å². The number of carbonyl (C=O) groups is 1. The molecular formula is C31H34ClFN2O7S. The highest BCUT2D eigenvalue weighted by Crippen LogP contribution is 2.54. The van der Waals surface area contributed by atoms with E-state index in [1.807, 2.05) is 0 Å². The van der Waals surface area contributed by atoms with Crippen LogP contribution in [0.2, 0.25) is 5.02 Å². The van der Waals surface area contributed by atoms with E-state index in [0.29, 0.717) is 38.5 Å². The van der Waals surface area contributed by atoms with Crippen molar-refractivity contribution >= 4 is 33.2 Å². The molecule has 2 aliphatic rings. The number of methoxy groups -OCH3 is 2. The van der Waals surface area contributed by atoms with Crippen LogP contribution in [0, 0.1) is 5.82 Å². The number of halogens is 2. The Hall–Kier alpha value is -3.38. The molecular weight excluding hydrogens is 599 g/mol. The summed E-state index contributed by atoms with van der Waals surface area (Å²) in [6.45, 7) is 5.44. The molecule has 2 heterocycles. The Kier molecular flexibility index (Phi) is 9.17. The van der Waals surface area contributed by atoms with Crippen LogP contribution in [0.25, 0.3) is 0 Å². The Morgan fingerprint density at radius 3 is 2.37 bits per heavy atom. The third-order valence-corrected chi connectivity index (χ3v) is 9.92. The first-order chi connectivity index (χ1) is 20.7. The number of rotatable bonds is 11. The van der Waals surface area contributed by atoms with Gasteiger partial charge in [-0.1, -0.05) is 29.8 Å². The molecule has 1 unspecified atom stereocenters. The van der Waals surface area contributed by atoms with Gasteiger partial charge < -0.3 is 18.9 Å². The monoisotopic (exact) mass is 632 g/mol. The molecule has 9 nitrogen and oxygen atoms in total. The summed E-state index contributed by atoms with van der Waals surface area (Å²) in [4.78, 5) is 16.8. The van der Waals surface area contributed by atoms with Gasteiger partial charge in [-0.05, 0) is 56.1 Å². The third-order valence-electron chi connectivity index (χ3n) is 7.93. The van der Waals surface area contributed by atoms with E-state index in [1.54, 1.807) is 13.0 Å². The summed E-state index contributed by atoms with van der Waals surface area (Å²) in [5, 5.41) is 0.171. The lowest BCUT2D eigenvalue weighted by Gasteiger charge is -2.32. The van der Waals surface area contributed by atoms with Gasteiger partial charge in [-0.2, -0.15) is 0 Å². The van der Waals surface area contributed by atoms with E-state index in [4.69, 9.17) is 30.5 Å². The molecule has 1 amide bonds. The Bertz CT molecular complexity index is 1610. The van der Waals surface area contributed by atoms with Gasteiger partial charge >= 0.3 is 0 Å². The van der Waals surface area contributed by atoms with Gasteiger partial charge in [0, 0.05) is 30.8 Å². The topological polar surface area (TPSA) is 94.6 Å². The maximum atomic E-state index is 15.7. The number of hydrogen-bond donors (Lipinski definition) is 0. The van der Waals surface area contributed by atoms with Gasteiger partial charge in [-0.15, -0.1) is 0 Å². The average molecular weight is 633 g/mol. The fraction of sp³-hybridized carbons (Fsp3) is 0.387. The minimum absolute atomic E-state index is 0.0497. The molecule has 0 saturated carbocycles. The highest BCUT2D eigenvalue weighted by Gasteiger charge is 2.57. The van der Waals surface area contributed by atoms with Crippen molar-refractivity contribution in [1.82, 2.24) is 4.90 Å². The molecule has 0 spiro atoms. The maximum Gasteiger partial charge on any atom is 0.271 e. The SMILES string of the molecule is CCOc1ccc(S(=O)(=O)N2C(=O)C(CCCN3CCOCC3)(c3ccccc3F)c3cc(Cl)c(OC)cc32)cc1OC. The Morgan fingerprint density at radius 2 is 1.70 bits per heavy atom. The summed E-state index contributed by atoms with van der Waals surface area (Å²) < 4.78 is 67.0. The van der Waals surface area contributed by atoms with Crippen molar-refractivity contribution in [2.24, 2.45) is 0 Å².